The van der Waals surface area contributed by atoms with Crippen molar-refractivity contribution in [2.24, 2.45) is 0 Å². The first-order valence-electron chi connectivity index (χ1n) is 8.18. The molecule has 1 unspecified atom stereocenters. The molecule has 2 aliphatic heterocycles. The third-order valence-electron chi connectivity index (χ3n) is 4.68. The molecule has 2 aromatic rings. The molecule has 3 heterocycles. The van der Waals surface area contributed by atoms with Crippen LogP contribution in [0.5, 0.6) is 0 Å². The van der Waals surface area contributed by atoms with Crippen molar-refractivity contribution in [3.63, 3.8) is 0 Å². The van der Waals surface area contributed by atoms with E-state index in [1.54, 1.807) is 22.9 Å². The summed E-state index contributed by atoms with van der Waals surface area (Å²) in [5, 5.41) is 14.3. The fraction of sp³-hybridized carbons (Fsp3) is 0.375. The Morgan fingerprint density at radius 2 is 2.08 bits per heavy atom. The predicted molar refractivity (Wildman–Crippen MR) is 95.3 cm³/mol. The number of hydrogen-bond acceptors (Lipinski definition) is 5. The molecule has 136 valence electrons. The van der Waals surface area contributed by atoms with Crippen LogP contribution in [0, 0.1) is 0 Å². The number of aromatic nitrogens is 3. The molecule has 0 bridgehead atoms. The van der Waals surface area contributed by atoms with E-state index in [9.17, 15) is 9.59 Å². The van der Waals surface area contributed by atoms with Gasteiger partial charge in [-0.25, -0.2) is 9.48 Å². The van der Waals surface area contributed by atoms with Crippen LogP contribution in [0.1, 0.15) is 18.5 Å². The van der Waals surface area contributed by atoms with Gasteiger partial charge in [-0.2, -0.15) is 0 Å². The Hall–Kier alpha value is -2.16. The largest absolute Gasteiger partial charge is 0.322 e. The third kappa shape index (κ3) is 3.15. The number of carbonyl (C=O) groups is 2. The zero-order valence-corrected chi connectivity index (χ0v) is 15.2. The maximum atomic E-state index is 12.1. The van der Waals surface area contributed by atoms with Gasteiger partial charge in [-0.15, -0.1) is 5.10 Å². The van der Waals surface area contributed by atoms with Crippen LogP contribution >= 0.6 is 23.2 Å². The number of urea groups is 1. The van der Waals surface area contributed by atoms with Crippen molar-refractivity contribution in [1.29, 1.82) is 0 Å². The Bertz CT molecular complexity index is 885. The highest BCUT2D eigenvalue weighted by atomic mass is 35.5. The fourth-order valence-corrected chi connectivity index (χ4v) is 3.74. The SMILES string of the molecule is O=C1NC(=O)C2(CCCN(Cc3cn(-c4ccc(Cl)c(Cl)c4)nn3)C2)N1. The minimum atomic E-state index is -0.838. The van der Waals surface area contributed by atoms with E-state index in [4.69, 9.17) is 23.2 Å². The zero-order chi connectivity index (χ0) is 18.3. The number of benzene rings is 1. The number of hydrogen-bond donors (Lipinski definition) is 2. The van der Waals surface area contributed by atoms with E-state index >= 15 is 0 Å². The van der Waals surface area contributed by atoms with Gasteiger partial charge < -0.3 is 5.32 Å². The molecule has 0 saturated carbocycles. The van der Waals surface area contributed by atoms with Crippen LogP contribution in [0.25, 0.3) is 5.69 Å². The summed E-state index contributed by atoms with van der Waals surface area (Å²) in [5.41, 5.74) is 0.684. The van der Waals surface area contributed by atoms with Crippen molar-refractivity contribution >= 4 is 35.1 Å². The Balaban J connectivity index is 1.48. The van der Waals surface area contributed by atoms with Gasteiger partial charge in [-0.1, -0.05) is 28.4 Å². The molecule has 10 heteroatoms. The standard InChI is InChI=1S/C16H16Cl2N6O2/c17-12-3-2-11(6-13(12)18)24-8-10(21-22-24)7-23-5-1-4-16(9-23)14(25)19-15(26)20-16/h2-3,6,8H,1,4-5,7,9H2,(H2,19,20,25,26). The van der Waals surface area contributed by atoms with E-state index in [1.807, 2.05) is 6.20 Å². The van der Waals surface area contributed by atoms with Crippen molar-refractivity contribution in [2.75, 3.05) is 13.1 Å². The lowest BCUT2D eigenvalue weighted by molar-refractivity contribution is -0.126. The van der Waals surface area contributed by atoms with Crippen molar-refractivity contribution < 1.29 is 9.59 Å². The molecule has 1 spiro atoms. The van der Waals surface area contributed by atoms with Crippen molar-refractivity contribution in [2.45, 2.75) is 24.9 Å². The molecule has 0 radical (unpaired) electrons. The second kappa shape index (κ2) is 6.53. The molecule has 2 N–H and O–H groups in total. The van der Waals surface area contributed by atoms with Crippen molar-refractivity contribution in [3.8, 4) is 5.69 Å². The lowest BCUT2D eigenvalue weighted by Gasteiger charge is -2.37. The predicted octanol–water partition coefficient (Wildman–Crippen LogP) is 1.75. The van der Waals surface area contributed by atoms with Crippen LogP contribution < -0.4 is 10.6 Å². The van der Waals surface area contributed by atoms with Gasteiger partial charge in [0, 0.05) is 13.1 Å². The number of halogens is 2. The molecule has 0 aliphatic carbocycles. The van der Waals surface area contributed by atoms with Gasteiger partial charge in [0.25, 0.3) is 5.91 Å². The van der Waals surface area contributed by atoms with Gasteiger partial charge in [0.2, 0.25) is 0 Å². The number of amides is 3. The average molecular weight is 395 g/mol. The number of likely N-dealkylation sites (tertiary alicyclic amines) is 1. The van der Waals surface area contributed by atoms with E-state index < -0.39 is 11.6 Å². The molecule has 1 aromatic carbocycles. The smallest absolute Gasteiger partial charge is 0.322 e. The Kier molecular flexibility index (Phi) is 4.34. The summed E-state index contributed by atoms with van der Waals surface area (Å²) in [5.74, 6) is -0.258. The average Bonchev–Trinajstić information content (AvgIpc) is 3.15. The highest BCUT2D eigenvalue weighted by Gasteiger charge is 2.48. The lowest BCUT2D eigenvalue weighted by atomic mass is 9.89. The lowest BCUT2D eigenvalue weighted by Crippen LogP contribution is -2.58. The second-order valence-electron chi connectivity index (χ2n) is 6.56. The normalized spacial score (nSPS) is 23.3. The van der Waals surface area contributed by atoms with Crippen LogP contribution in [0.2, 0.25) is 10.0 Å². The number of piperidine rings is 1. The van der Waals surface area contributed by atoms with E-state index in [1.165, 1.54) is 0 Å². The van der Waals surface area contributed by atoms with Gasteiger partial charge in [0.15, 0.2) is 0 Å². The molecule has 2 aliphatic rings. The summed E-state index contributed by atoms with van der Waals surface area (Å²) in [4.78, 5) is 25.7. The van der Waals surface area contributed by atoms with Gasteiger partial charge >= 0.3 is 6.03 Å². The molecule has 4 rings (SSSR count). The highest BCUT2D eigenvalue weighted by Crippen LogP contribution is 2.26. The van der Waals surface area contributed by atoms with E-state index in [0.29, 0.717) is 29.6 Å². The summed E-state index contributed by atoms with van der Waals surface area (Å²) < 4.78 is 1.63. The summed E-state index contributed by atoms with van der Waals surface area (Å²) >= 11 is 12.0. The quantitative estimate of drug-likeness (QED) is 0.773. The molecule has 26 heavy (non-hydrogen) atoms. The minimum absolute atomic E-state index is 0.258. The number of rotatable bonds is 3. The zero-order valence-electron chi connectivity index (χ0n) is 13.7. The first kappa shape index (κ1) is 17.3. The topological polar surface area (TPSA) is 92.2 Å². The number of carbonyl (C=O) groups excluding carboxylic acids is 2. The van der Waals surface area contributed by atoms with Gasteiger partial charge in [0.05, 0.1) is 27.6 Å². The van der Waals surface area contributed by atoms with E-state index in [0.717, 1.165) is 24.3 Å². The van der Waals surface area contributed by atoms with Crippen LogP contribution in [-0.2, 0) is 11.3 Å². The maximum absolute atomic E-state index is 12.1. The van der Waals surface area contributed by atoms with E-state index in [-0.39, 0.29) is 5.91 Å². The van der Waals surface area contributed by atoms with Crippen LogP contribution in [-0.4, -0.2) is 50.5 Å². The summed E-state index contributed by atoms with van der Waals surface area (Å²) in [7, 11) is 0. The Morgan fingerprint density at radius 1 is 1.23 bits per heavy atom. The molecular weight excluding hydrogens is 379 g/mol. The Labute approximate surface area is 159 Å². The number of imide groups is 1. The first-order chi connectivity index (χ1) is 12.4. The van der Waals surface area contributed by atoms with Crippen molar-refractivity contribution in [3.05, 3.63) is 40.1 Å². The molecule has 1 aromatic heterocycles. The number of nitrogens with one attached hydrogen (secondary N) is 2. The third-order valence-corrected chi connectivity index (χ3v) is 5.42. The molecule has 2 saturated heterocycles. The van der Waals surface area contributed by atoms with Gasteiger partial charge in [0.1, 0.15) is 5.54 Å². The van der Waals surface area contributed by atoms with E-state index in [2.05, 4.69) is 25.8 Å². The second-order valence-corrected chi connectivity index (χ2v) is 7.37. The monoisotopic (exact) mass is 394 g/mol. The van der Waals surface area contributed by atoms with Crippen molar-refractivity contribution in [1.82, 2.24) is 30.5 Å². The molecule has 8 nitrogen and oxygen atoms in total. The minimum Gasteiger partial charge on any atom is -0.322 e. The van der Waals surface area contributed by atoms with Crippen LogP contribution in [0.4, 0.5) is 4.79 Å². The first-order valence-corrected chi connectivity index (χ1v) is 8.93. The van der Waals surface area contributed by atoms with Gasteiger partial charge in [-0.3, -0.25) is 15.0 Å². The van der Waals surface area contributed by atoms with Crippen LogP contribution in [0.15, 0.2) is 24.4 Å². The molecule has 2 fully saturated rings. The summed E-state index contributed by atoms with van der Waals surface area (Å²) in [6.45, 7) is 1.81. The van der Waals surface area contributed by atoms with Gasteiger partial charge in [-0.05, 0) is 37.6 Å². The van der Waals surface area contributed by atoms with Crippen LogP contribution in [0.3, 0.4) is 0 Å². The number of nitrogens with zero attached hydrogens (tertiary/aromatic N) is 4. The molecular formula is C16H16Cl2N6O2. The highest BCUT2D eigenvalue weighted by molar-refractivity contribution is 6.42. The summed E-state index contributed by atoms with van der Waals surface area (Å²) in [6, 6.07) is 4.80. The Morgan fingerprint density at radius 3 is 2.81 bits per heavy atom. The molecule has 1 atom stereocenters. The maximum Gasteiger partial charge on any atom is 0.322 e. The fourth-order valence-electron chi connectivity index (χ4n) is 3.45. The molecule has 3 amide bonds. The summed E-state index contributed by atoms with van der Waals surface area (Å²) in [6.07, 6.45) is 3.26.